The van der Waals surface area contributed by atoms with Crippen LogP contribution in [0.4, 0.5) is 5.69 Å². The summed E-state index contributed by atoms with van der Waals surface area (Å²) in [6.07, 6.45) is 0. The van der Waals surface area contributed by atoms with E-state index in [1.165, 1.54) is 6.07 Å². The number of halogens is 1. The third-order valence-electron chi connectivity index (χ3n) is 3.04. The van der Waals surface area contributed by atoms with Crippen LogP contribution >= 0.6 is 11.6 Å². The molecule has 3 nitrogen and oxygen atoms in total. The van der Waals surface area contributed by atoms with Gasteiger partial charge in [0.1, 0.15) is 0 Å². The smallest absolute Gasteiger partial charge is 0.184 e. The molecule has 0 aliphatic heterocycles. The number of anilines is 1. The molecule has 0 spiro atoms. The highest BCUT2D eigenvalue weighted by atomic mass is 35.5. The van der Waals surface area contributed by atoms with E-state index in [4.69, 9.17) is 11.6 Å². The third-order valence-corrected chi connectivity index (χ3v) is 5.68. The molecule has 2 aromatic rings. The Bertz CT molecular complexity index is 671. The standard InChI is InChI=1S/C15H16ClNO2S/c1-12(11-17-13-7-3-2-4-8-13)20(18,19)15-10-6-5-9-14(15)16/h2-10,12,17H,11H2,1H3. The summed E-state index contributed by atoms with van der Waals surface area (Å²) in [4.78, 5) is 0.184. The molecule has 5 heteroatoms. The van der Waals surface area contributed by atoms with Crippen LogP contribution in [0.5, 0.6) is 0 Å². The number of rotatable bonds is 5. The summed E-state index contributed by atoms with van der Waals surface area (Å²) < 4.78 is 24.9. The van der Waals surface area contributed by atoms with Crippen molar-refractivity contribution in [3.8, 4) is 0 Å². The monoisotopic (exact) mass is 309 g/mol. The largest absolute Gasteiger partial charge is 0.384 e. The maximum atomic E-state index is 12.4. The number of para-hydroxylation sites is 1. The molecule has 1 N–H and O–H groups in total. The van der Waals surface area contributed by atoms with Gasteiger partial charge in [0.2, 0.25) is 0 Å². The van der Waals surface area contributed by atoms with Crippen LogP contribution in [0.1, 0.15) is 6.92 Å². The number of nitrogens with one attached hydrogen (secondary N) is 1. The SMILES string of the molecule is CC(CNc1ccccc1)S(=O)(=O)c1ccccc1Cl. The Labute approximate surface area is 124 Å². The van der Waals surface area contributed by atoms with Gasteiger partial charge in [0.15, 0.2) is 9.84 Å². The molecule has 0 saturated heterocycles. The molecular weight excluding hydrogens is 294 g/mol. The summed E-state index contributed by atoms with van der Waals surface area (Å²) in [6.45, 7) is 2.01. The highest BCUT2D eigenvalue weighted by Gasteiger charge is 2.25. The second-order valence-electron chi connectivity index (χ2n) is 4.53. The maximum absolute atomic E-state index is 12.4. The average molecular weight is 310 g/mol. The number of sulfone groups is 1. The molecule has 106 valence electrons. The first-order valence-corrected chi connectivity index (χ1v) is 8.21. The van der Waals surface area contributed by atoms with E-state index in [9.17, 15) is 8.42 Å². The zero-order valence-electron chi connectivity index (χ0n) is 11.1. The van der Waals surface area contributed by atoms with Crippen molar-refractivity contribution in [2.24, 2.45) is 0 Å². The van der Waals surface area contributed by atoms with Crippen LogP contribution in [0.2, 0.25) is 5.02 Å². The second kappa shape index (κ2) is 6.29. The molecule has 0 aliphatic carbocycles. The van der Waals surface area contributed by atoms with E-state index in [0.717, 1.165) is 5.69 Å². The fourth-order valence-corrected chi connectivity index (χ4v) is 3.62. The minimum atomic E-state index is -3.43. The molecule has 1 unspecified atom stereocenters. The molecule has 0 fully saturated rings. The van der Waals surface area contributed by atoms with E-state index in [-0.39, 0.29) is 9.92 Å². The molecule has 1 atom stereocenters. The highest BCUT2D eigenvalue weighted by molar-refractivity contribution is 7.92. The van der Waals surface area contributed by atoms with E-state index in [0.29, 0.717) is 6.54 Å². The van der Waals surface area contributed by atoms with E-state index >= 15 is 0 Å². The van der Waals surface area contributed by atoms with E-state index in [2.05, 4.69) is 5.32 Å². The quantitative estimate of drug-likeness (QED) is 0.917. The topological polar surface area (TPSA) is 46.2 Å². The first kappa shape index (κ1) is 14.9. The Morgan fingerprint density at radius 2 is 1.65 bits per heavy atom. The first-order chi connectivity index (χ1) is 9.51. The van der Waals surface area contributed by atoms with Crippen molar-refractivity contribution in [2.75, 3.05) is 11.9 Å². The molecule has 0 aliphatic rings. The van der Waals surface area contributed by atoms with Crippen LogP contribution in [0.15, 0.2) is 59.5 Å². The van der Waals surface area contributed by atoms with Crippen LogP contribution in [0, 0.1) is 0 Å². The van der Waals surface area contributed by atoms with Gasteiger partial charge >= 0.3 is 0 Å². The summed E-state index contributed by atoms with van der Waals surface area (Å²) >= 11 is 5.97. The molecule has 0 heterocycles. The lowest BCUT2D eigenvalue weighted by molar-refractivity contribution is 0.585. The van der Waals surface area contributed by atoms with Gasteiger partial charge in [-0.2, -0.15) is 0 Å². The van der Waals surface area contributed by atoms with Crippen molar-refractivity contribution in [3.05, 3.63) is 59.6 Å². The normalized spacial score (nSPS) is 12.9. The Hall–Kier alpha value is -1.52. The minimum absolute atomic E-state index is 0.184. The predicted octanol–water partition coefficient (Wildman–Crippen LogP) is 3.61. The van der Waals surface area contributed by atoms with Gasteiger partial charge in [0.05, 0.1) is 15.2 Å². The molecule has 0 bridgehead atoms. The van der Waals surface area contributed by atoms with Crippen molar-refractivity contribution >= 4 is 27.1 Å². The van der Waals surface area contributed by atoms with Crippen LogP contribution in [-0.4, -0.2) is 20.2 Å². The lowest BCUT2D eigenvalue weighted by atomic mass is 10.3. The fraction of sp³-hybridized carbons (Fsp3) is 0.200. The molecule has 2 rings (SSSR count). The second-order valence-corrected chi connectivity index (χ2v) is 7.27. The number of hydrogen-bond donors (Lipinski definition) is 1. The van der Waals surface area contributed by atoms with Crippen LogP contribution in [0.3, 0.4) is 0 Å². The summed E-state index contributed by atoms with van der Waals surface area (Å²) in [5.41, 5.74) is 0.897. The summed E-state index contributed by atoms with van der Waals surface area (Å²) in [5, 5.41) is 2.81. The number of benzene rings is 2. The summed E-state index contributed by atoms with van der Waals surface area (Å²) in [7, 11) is -3.43. The minimum Gasteiger partial charge on any atom is -0.384 e. The molecule has 0 amide bonds. The molecule has 0 aromatic heterocycles. The molecule has 2 aromatic carbocycles. The van der Waals surface area contributed by atoms with Crippen molar-refractivity contribution in [2.45, 2.75) is 17.1 Å². The Kier molecular flexibility index (Phi) is 4.68. The Morgan fingerprint density at radius 1 is 1.05 bits per heavy atom. The van der Waals surface area contributed by atoms with Crippen molar-refractivity contribution in [1.82, 2.24) is 0 Å². The maximum Gasteiger partial charge on any atom is 0.184 e. The van der Waals surface area contributed by atoms with Gasteiger partial charge in [-0.1, -0.05) is 41.9 Å². The average Bonchev–Trinajstić information content (AvgIpc) is 2.46. The van der Waals surface area contributed by atoms with Gasteiger partial charge in [-0.15, -0.1) is 0 Å². The molecule has 0 saturated carbocycles. The van der Waals surface area contributed by atoms with Crippen LogP contribution < -0.4 is 5.32 Å². The first-order valence-electron chi connectivity index (χ1n) is 6.29. The zero-order valence-corrected chi connectivity index (χ0v) is 12.7. The van der Waals surface area contributed by atoms with Gasteiger partial charge in [-0.25, -0.2) is 8.42 Å². The van der Waals surface area contributed by atoms with Gasteiger partial charge in [0.25, 0.3) is 0 Å². The third kappa shape index (κ3) is 3.32. The Balaban J connectivity index is 2.12. The summed E-state index contributed by atoms with van der Waals surface area (Å²) in [5.74, 6) is 0. The van der Waals surface area contributed by atoms with Crippen molar-refractivity contribution in [1.29, 1.82) is 0 Å². The van der Waals surface area contributed by atoms with E-state index < -0.39 is 15.1 Å². The number of hydrogen-bond acceptors (Lipinski definition) is 3. The van der Waals surface area contributed by atoms with Crippen molar-refractivity contribution < 1.29 is 8.42 Å². The van der Waals surface area contributed by atoms with Gasteiger partial charge in [0, 0.05) is 12.2 Å². The van der Waals surface area contributed by atoms with Gasteiger partial charge in [-0.3, -0.25) is 0 Å². The lowest BCUT2D eigenvalue weighted by Crippen LogP contribution is -2.26. The van der Waals surface area contributed by atoms with Crippen molar-refractivity contribution in [3.63, 3.8) is 0 Å². The lowest BCUT2D eigenvalue weighted by Gasteiger charge is -2.15. The Morgan fingerprint density at radius 3 is 2.30 bits per heavy atom. The predicted molar refractivity (Wildman–Crippen MR) is 83.0 cm³/mol. The van der Waals surface area contributed by atoms with E-state index in [1.807, 2.05) is 30.3 Å². The zero-order chi connectivity index (χ0) is 14.6. The van der Waals surface area contributed by atoms with Crippen LogP contribution in [-0.2, 0) is 9.84 Å². The van der Waals surface area contributed by atoms with Gasteiger partial charge < -0.3 is 5.32 Å². The fourth-order valence-electron chi connectivity index (χ4n) is 1.82. The molecule has 20 heavy (non-hydrogen) atoms. The molecule has 0 radical (unpaired) electrons. The molecular formula is C15H16ClNO2S. The van der Waals surface area contributed by atoms with E-state index in [1.54, 1.807) is 25.1 Å². The summed E-state index contributed by atoms with van der Waals surface area (Å²) in [6, 6.07) is 16.0. The van der Waals surface area contributed by atoms with Gasteiger partial charge in [-0.05, 0) is 31.2 Å². The highest BCUT2D eigenvalue weighted by Crippen LogP contribution is 2.24. The van der Waals surface area contributed by atoms with Crippen LogP contribution in [0.25, 0.3) is 0 Å².